The third-order valence-electron chi connectivity index (χ3n) is 7.98. The van der Waals surface area contributed by atoms with E-state index in [4.69, 9.17) is 4.74 Å². The van der Waals surface area contributed by atoms with Crippen LogP contribution in [0.25, 0.3) is 0 Å². The lowest BCUT2D eigenvalue weighted by molar-refractivity contribution is -0.136. The van der Waals surface area contributed by atoms with Gasteiger partial charge < -0.3 is 15.0 Å². The van der Waals surface area contributed by atoms with Crippen LogP contribution in [-0.2, 0) is 14.3 Å². The molecule has 10 nitrogen and oxygen atoms in total. The third-order valence-corrected chi connectivity index (χ3v) is 7.98. The molecule has 2 N–H and O–H groups in total. The third kappa shape index (κ3) is 4.57. The second-order valence-electron chi connectivity index (χ2n) is 12.0. The highest BCUT2D eigenvalue weighted by Crippen LogP contribution is 2.54. The molecule has 2 saturated heterocycles. The molecule has 1 aromatic carbocycles. The van der Waals surface area contributed by atoms with E-state index < -0.39 is 35.3 Å². The molecular weight excluding hydrogens is 476 g/mol. The van der Waals surface area contributed by atoms with E-state index in [0.29, 0.717) is 24.1 Å². The average molecular weight is 511 g/mol. The Bertz CT molecular complexity index is 1170. The van der Waals surface area contributed by atoms with Crippen molar-refractivity contribution in [3.63, 3.8) is 0 Å². The van der Waals surface area contributed by atoms with Gasteiger partial charge in [-0.3, -0.25) is 29.4 Å². The highest BCUT2D eigenvalue weighted by Gasteiger charge is 2.55. The normalized spacial score (nSPS) is 23.8. The Morgan fingerprint density at radius 2 is 1.86 bits per heavy atom. The molecule has 5 amide bonds. The van der Waals surface area contributed by atoms with Crippen LogP contribution < -0.4 is 10.6 Å². The van der Waals surface area contributed by atoms with E-state index in [1.165, 1.54) is 0 Å². The summed E-state index contributed by atoms with van der Waals surface area (Å²) in [6, 6.07) is 4.12. The molecular formula is C27H34N4O6. The highest BCUT2D eigenvalue weighted by atomic mass is 16.6. The smallest absolute Gasteiger partial charge is 0.410 e. The number of carbonyl (C=O) groups is 5. The zero-order chi connectivity index (χ0) is 26.7. The van der Waals surface area contributed by atoms with Crippen molar-refractivity contribution < 1.29 is 28.7 Å². The molecule has 1 aliphatic carbocycles. The number of anilines is 1. The van der Waals surface area contributed by atoms with Gasteiger partial charge in [-0.25, -0.2) is 4.79 Å². The molecule has 4 aliphatic rings. The van der Waals surface area contributed by atoms with Crippen molar-refractivity contribution in [1.82, 2.24) is 15.1 Å². The summed E-state index contributed by atoms with van der Waals surface area (Å²) in [5.41, 5.74) is 0.818. The number of hydrogen-bond acceptors (Lipinski definition) is 7. The predicted molar refractivity (Wildman–Crippen MR) is 134 cm³/mol. The zero-order valence-corrected chi connectivity index (χ0v) is 21.8. The molecule has 3 aliphatic heterocycles. The van der Waals surface area contributed by atoms with Gasteiger partial charge in [0, 0.05) is 37.2 Å². The molecule has 2 unspecified atom stereocenters. The van der Waals surface area contributed by atoms with Gasteiger partial charge in [0.15, 0.2) is 0 Å². The molecule has 5 rings (SSSR count). The Morgan fingerprint density at radius 1 is 1.16 bits per heavy atom. The number of benzene rings is 1. The van der Waals surface area contributed by atoms with Crippen molar-refractivity contribution >= 4 is 35.4 Å². The molecule has 3 heterocycles. The topological polar surface area (TPSA) is 125 Å². The number of ether oxygens (including phenoxy) is 1. The van der Waals surface area contributed by atoms with Crippen LogP contribution in [0.4, 0.5) is 10.5 Å². The first-order valence-electron chi connectivity index (χ1n) is 12.9. The number of nitrogens with one attached hydrogen (secondary N) is 2. The van der Waals surface area contributed by atoms with Crippen molar-refractivity contribution in [3.05, 3.63) is 29.3 Å². The molecule has 198 valence electrons. The van der Waals surface area contributed by atoms with Crippen LogP contribution in [-0.4, -0.2) is 70.8 Å². The minimum absolute atomic E-state index is 0.0881. The zero-order valence-electron chi connectivity index (χ0n) is 21.8. The first kappa shape index (κ1) is 25.2. The number of fused-ring (bicyclic) bond motifs is 1. The maximum Gasteiger partial charge on any atom is 0.410 e. The number of amides is 5. The van der Waals surface area contributed by atoms with E-state index in [1.807, 2.05) is 20.8 Å². The lowest BCUT2D eigenvalue weighted by Gasteiger charge is -2.60. The Balaban J connectivity index is 1.17. The first-order chi connectivity index (χ1) is 17.4. The minimum Gasteiger partial charge on any atom is -0.444 e. The summed E-state index contributed by atoms with van der Waals surface area (Å²) in [5.74, 6) is -1.20. The fraction of sp³-hybridized carbons (Fsp3) is 0.593. The van der Waals surface area contributed by atoms with E-state index in [0.717, 1.165) is 30.8 Å². The molecule has 0 aromatic heterocycles. The van der Waals surface area contributed by atoms with Gasteiger partial charge in [-0.15, -0.1) is 0 Å². The standard InChI is InChI=1S/C27H34N4O6/c1-15(16-10-27(11-16)13-30(14-27)25(36)37-26(2,3)4)12-28-18-7-5-6-17-21(18)24(35)31(23(17)34)19-8-9-20(32)29-22(19)33/h5-7,15-16,19,28H,8-14H2,1-4H3,(H,29,32,33). The van der Waals surface area contributed by atoms with Gasteiger partial charge in [0.1, 0.15) is 11.6 Å². The van der Waals surface area contributed by atoms with Crippen molar-refractivity contribution in [1.29, 1.82) is 0 Å². The molecule has 1 aromatic rings. The number of carbonyl (C=O) groups excluding carboxylic acids is 5. The summed E-state index contributed by atoms with van der Waals surface area (Å²) in [6.07, 6.45) is 2.06. The Morgan fingerprint density at radius 3 is 2.51 bits per heavy atom. The maximum absolute atomic E-state index is 13.3. The van der Waals surface area contributed by atoms with Crippen LogP contribution in [0.5, 0.6) is 0 Å². The lowest BCUT2D eigenvalue weighted by atomic mass is 9.55. The van der Waals surface area contributed by atoms with Gasteiger partial charge in [0.2, 0.25) is 11.8 Å². The molecule has 1 saturated carbocycles. The summed E-state index contributed by atoms with van der Waals surface area (Å²) < 4.78 is 5.46. The molecule has 0 radical (unpaired) electrons. The van der Waals surface area contributed by atoms with Gasteiger partial charge in [0.25, 0.3) is 11.8 Å². The van der Waals surface area contributed by atoms with Crippen molar-refractivity contribution in [2.45, 2.75) is 65.0 Å². The van der Waals surface area contributed by atoms with Crippen LogP contribution in [0, 0.1) is 17.3 Å². The number of likely N-dealkylation sites (tertiary alicyclic amines) is 1. The summed E-state index contributed by atoms with van der Waals surface area (Å²) in [6.45, 7) is 9.87. The van der Waals surface area contributed by atoms with Gasteiger partial charge in [-0.1, -0.05) is 13.0 Å². The van der Waals surface area contributed by atoms with Crippen LogP contribution in [0.15, 0.2) is 18.2 Å². The summed E-state index contributed by atoms with van der Waals surface area (Å²) >= 11 is 0. The molecule has 2 atom stereocenters. The van der Waals surface area contributed by atoms with E-state index in [-0.39, 0.29) is 35.5 Å². The largest absolute Gasteiger partial charge is 0.444 e. The number of piperidine rings is 1. The van der Waals surface area contributed by atoms with Crippen LogP contribution in [0.3, 0.4) is 0 Å². The van der Waals surface area contributed by atoms with Crippen molar-refractivity contribution in [2.75, 3.05) is 25.0 Å². The number of hydrogen-bond donors (Lipinski definition) is 2. The van der Waals surface area contributed by atoms with E-state index >= 15 is 0 Å². The second kappa shape index (κ2) is 8.85. The molecule has 0 bridgehead atoms. The van der Waals surface area contributed by atoms with Crippen LogP contribution >= 0.6 is 0 Å². The number of nitrogens with zero attached hydrogens (tertiary/aromatic N) is 2. The number of rotatable bonds is 5. The predicted octanol–water partition coefficient (Wildman–Crippen LogP) is 2.78. The fourth-order valence-electron chi connectivity index (χ4n) is 6.03. The van der Waals surface area contributed by atoms with E-state index in [2.05, 4.69) is 17.6 Å². The fourth-order valence-corrected chi connectivity index (χ4v) is 6.03. The quantitative estimate of drug-likeness (QED) is 0.584. The first-order valence-corrected chi connectivity index (χ1v) is 12.9. The Labute approximate surface area is 216 Å². The van der Waals surface area contributed by atoms with Crippen LogP contribution in [0.2, 0.25) is 0 Å². The van der Waals surface area contributed by atoms with Crippen molar-refractivity contribution in [2.24, 2.45) is 17.3 Å². The average Bonchev–Trinajstić information content (AvgIpc) is 3.00. The molecule has 37 heavy (non-hydrogen) atoms. The van der Waals surface area contributed by atoms with Crippen molar-refractivity contribution in [3.8, 4) is 0 Å². The van der Waals surface area contributed by atoms with Gasteiger partial charge >= 0.3 is 6.09 Å². The summed E-state index contributed by atoms with van der Waals surface area (Å²) in [5, 5.41) is 5.58. The SMILES string of the molecule is CC(CNc1cccc2c1C(=O)N(C1CCC(=O)NC1=O)C2=O)C1CC2(C1)CN(C(=O)OC(C)(C)C)C2. The maximum atomic E-state index is 13.3. The minimum atomic E-state index is -0.981. The summed E-state index contributed by atoms with van der Waals surface area (Å²) in [4.78, 5) is 65.1. The summed E-state index contributed by atoms with van der Waals surface area (Å²) in [7, 11) is 0. The highest BCUT2D eigenvalue weighted by molar-refractivity contribution is 6.25. The molecule has 10 heteroatoms. The monoisotopic (exact) mass is 510 g/mol. The second-order valence-corrected chi connectivity index (χ2v) is 12.0. The van der Waals surface area contributed by atoms with E-state index in [9.17, 15) is 24.0 Å². The van der Waals surface area contributed by atoms with E-state index in [1.54, 1.807) is 23.1 Å². The lowest BCUT2D eigenvalue weighted by Crippen LogP contribution is -2.65. The van der Waals surface area contributed by atoms with Crippen LogP contribution in [0.1, 0.15) is 74.1 Å². The van der Waals surface area contributed by atoms with Gasteiger partial charge in [-0.05, 0) is 64.0 Å². The van der Waals surface area contributed by atoms with Gasteiger partial charge in [0.05, 0.1) is 11.1 Å². The Hall–Kier alpha value is -3.43. The Kier molecular flexibility index (Phi) is 6.03. The number of imide groups is 2. The molecule has 1 spiro atoms. The van der Waals surface area contributed by atoms with Gasteiger partial charge in [-0.2, -0.15) is 0 Å². The molecule has 3 fully saturated rings.